The van der Waals surface area contributed by atoms with Gasteiger partial charge in [-0.25, -0.2) is 0 Å². The Morgan fingerprint density at radius 3 is 2.04 bits per heavy atom. The molecule has 0 bridgehead atoms. The van der Waals surface area contributed by atoms with Crippen LogP contribution in [0.2, 0.25) is 0 Å². The van der Waals surface area contributed by atoms with Gasteiger partial charge in [0, 0.05) is 0 Å². The Kier molecular flexibility index (Phi) is 3.92. The summed E-state index contributed by atoms with van der Waals surface area (Å²) in [6.45, 7) is 0. The van der Waals surface area contributed by atoms with Gasteiger partial charge in [-0.1, -0.05) is 66.7 Å². The standard InChI is InChI=1S/C23H20O/c1-24-20-13-15-22-19(16-20)12-14-21(17-8-4-2-5-9-17)23(22)18-10-6-3-7-11-18/h2-11,13,15-16H,12,14H2,1H3. The molecular formula is C23H20O. The molecule has 3 aromatic carbocycles. The lowest BCUT2D eigenvalue weighted by atomic mass is 9.80. The average Bonchev–Trinajstić information content (AvgIpc) is 2.68. The van der Waals surface area contributed by atoms with Crippen LogP contribution in [0.1, 0.15) is 28.7 Å². The van der Waals surface area contributed by atoms with E-state index in [4.69, 9.17) is 4.74 Å². The number of aryl methyl sites for hydroxylation is 1. The van der Waals surface area contributed by atoms with E-state index in [1.807, 2.05) is 0 Å². The Bertz CT molecular complexity index is 876. The Hall–Kier alpha value is -2.80. The first-order chi connectivity index (χ1) is 11.9. The summed E-state index contributed by atoms with van der Waals surface area (Å²) in [4.78, 5) is 0. The molecule has 1 aliphatic carbocycles. The van der Waals surface area contributed by atoms with Gasteiger partial charge < -0.3 is 4.74 Å². The molecule has 0 amide bonds. The van der Waals surface area contributed by atoms with Gasteiger partial charge in [0.1, 0.15) is 5.75 Å². The minimum Gasteiger partial charge on any atom is -0.497 e. The summed E-state index contributed by atoms with van der Waals surface area (Å²) in [6.07, 6.45) is 2.10. The van der Waals surface area contributed by atoms with Gasteiger partial charge >= 0.3 is 0 Å². The number of rotatable bonds is 3. The smallest absolute Gasteiger partial charge is 0.119 e. The largest absolute Gasteiger partial charge is 0.497 e. The van der Waals surface area contributed by atoms with E-state index in [0.717, 1.165) is 18.6 Å². The maximum atomic E-state index is 5.42. The van der Waals surface area contributed by atoms with Crippen LogP contribution in [0, 0.1) is 0 Å². The van der Waals surface area contributed by atoms with Crippen LogP contribution >= 0.6 is 0 Å². The van der Waals surface area contributed by atoms with Crippen LogP contribution in [0.5, 0.6) is 5.75 Å². The van der Waals surface area contributed by atoms with E-state index >= 15 is 0 Å². The highest BCUT2D eigenvalue weighted by Crippen LogP contribution is 2.41. The third-order valence-electron chi connectivity index (χ3n) is 4.71. The van der Waals surface area contributed by atoms with Crippen molar-refractivity contribution in [3.63, 3.8) is 0 Å². The van der Waals surface area contributed by atoms with Gasteiger partial charge in [0.15, 0.2) is 0 Å². The summed E-state index contributed by atoms with van der Waals surface area (Å²) in [6, 6.07) is 27.9. The first kappa shape index (κ1) is 14.8. The van der Waals surface area contributed by atoms with Gasteiger partial charge in [-0.2, -0.15) is 0 Å². The number of ether oxygens (including phenoxy) is 1. The second-order valence-corrected chi connectivity index (χ2v) is 6.11. The van der Waals surface area contributed by atoms with Crippen molar-refractivity contribution in [2.75, 3.05) is 7.11 Å². The Balaban J connectivity index is 1.96. The number of benzene rings is 3. The maximum Gasteiger partial charge on any atom is 0.119 e. The summed E-state index contributed by atoms with van der Waals surface area (Å²) < 4.78 is 5.42. The molecule has 4 rings (SSSR count). The van der Waals surface area contributed by atoms with E-state index in [0.29, 0.717) is 0 Å². The van der Waals surface area contributed by atoms with Crippen molar-refractivity contribution in [2.45, 2.75) is 12.8 Å². The fourth-order valence-electron chi connectivity index (χ4n) is 3.56. The van der Waals surface area contributed by atoms with Crippen molar-refractivity contribution >= 4 is 11.1 Å². The van der Waals surface area contributed by atoms with Crippen molar-refractivity contribution in [3.05, 3.63) is 101 Å². The minimum absolute atomic E-state index is 0.935. The molecule has 0 fully saturated rings. The van der Waals surface area contributed by atoms with Gasteiger partial charge in [-0.15, -0.1) is 0 Å². The van der Waals surface area contributed by atoms with E-state index in [9.17, 15) is 0 Å². The predicted molar refractivity (Wildman–Crippen MR) is 100 cm³/mol. The normalized spacial score (nSPS) is 13.5. The summed E-state index contributed by atoms with van der Waals surface area (Å²) in [5, 5.41) is 0. The van der Waals surface area contributed by atoms with Crippen molar-refractivity contribution in [1.29, 1.82) is 0 Å². The molecule has 1 heteroatoms. The monoisotopic (exact) mass is 312 g/mol. The zero-order valence-electron chi connectivity index (χ0n) is 13.8. The first-order valence-electron chi connectivity index (χ1n) is 8.38. The molecule has 3 aromatic rings. The molecule has 24 heavy (non-hydrogen) atoms. The quantitative estimate of drug-likeness (QED) is 0.611. The average molecular weight is 312 g/mol. The second kappa shape index (κ2) is 6.37. The lowest BCUT2D eigenvalue weighted by Gasteiger charge is -2.25. The maximum absolute atomic E-state index is 5.42. The van der Waals surface area contributed by atoms with Gasteiger partial charge in [0.25, 0.3) is 0 Å². The summed E-state index contributed by atoms with van der Waals surface area (Å²) >= 11 is 0. The molecule has 1 aliphatic rings. The fourth-order valence-corrected chi connectivity index (χ4v) is 3.56. The van der Waals surface area contributed by atoms with Crippen LogP contribution < -0.4 is 4.74 Å². The lowest BCUT2D eigenvalue weighted by molar-refractivity contribution is 0.414. The van der Waals surface area contributed by atoms with Crippen LogP contribution in [-0.4, -0.2) is 7.11 Å². The SMILES string of the molecule is COc1ccc2c(c1)CCC(c1ccccc1)=C2c1ccccc1. The summed E-state index contributed by atoms with van der Waals surface area (Å²) in [5.74, 6) is 0.935. The number of methoxy groups -OCH3 is 1. The molecular weight excluding hydrogens is 292 g/mol. The molecule has 0 heterocycles. The molecule has 118 valence electrons. The van der Waals surface area contributed by atoms with E-state index in [1.54, 1.807) is 7.11 Å². The van der Waals surface area contributed by atoms with E-state index in [-0.39, 0.29) is 0 Å². The fraction of sp³-hybridized carbons (Fsp3) is 0.130. The van der Waals surface area contributed by atoms with Crippen molar-refractivity contribution < 1.29 is 4.74 Å². The Labute approximate surface area is 143 Å². The van der Waals surface area contributed by atoms with E-state index in [2.05, 4.69) is 78.9 Å². The van der Waals surface area contributed by atoms with Gasteiger partial charge in [0.2, 0.25) is 0 Å². The summed E-state index contributed by atoms with van der Waals surface area (Å²) in [7, 11) is 1.73. The number of allylic oxidation sites excluding steroid dienone is 1. The lowest BCUT2D eigenvalue weighted by Crippen LogP contribution is -2.06. The van der Waals surface area contributed by atoms with Crippen molar-refractivity contribution in [3.8, 4) is 5.75 Å². The molecule has 0 radical (unpaired) electrons. The highest BCUT2D eigenvalue weighted by molar-refractivity contribution is 6.00. The van der Waals surface area contributed by atoms with Crippen LogP contribution in [0.15, 0.2) is 78.9 Å². The molecule has 1 nitrogen and oxygen atoms in total. The van der Waals surface area contributed by atoms with Gasteiger partial charge in [-0.05, 0) is 58.4 Å². The molecule has 0 saturated carbocycles. The molecule has 0 spiro atoms. The number of fused-ring (bicyclic) bond motifs is 1. The predicted octanol–water partition coefficient (Wildman–Crippen LogP) is 5.60. The summed E-state index contributed by atoms with van der Waals surface area (Å²) in [5.41, 5.74) is 8.07. The van der Waals surface area contributed by atoms with Crippen LogP contribution in [0.4, 0.5) is 0 Å². The third-order valence-corrected chi connectivity index (χ3v) is 4.71. The van der Waals surface area contributed by atoms with Gasteiger partial charge in [-0.3, -0.25) is 0 Å². The number of hydrogen-bond acceptors (Lipinski definition) is 1. The molecule has 0 atom stereocenters. The Morgan fingerprint density at radius 1 is 0.708 bits per heavy atom. The topological polar surface area (TPSA) is 9.23 Å². The molecule has 0 saturated heterocycles. The van der Waals surface area contributed by atoms with Crippen LogP contribution in [-0.2, 0) is 6.42 Å². The van der Waals surface area contributed by atoms with Crippen molar-refractivity contribution in [1.82, 2.24) is 0 Å². The van der Waals surface area contributed by atoms with E-state index < -0.39 is 0 Å². The zero-order valence-corrected chi connectivity index (χ0v) is 13.8. The molecule has 0 aliphatic heterocycles. The van der Waals surface area contributed by atoms with Crippen molar-refractivity contribution in [2.24, 2.45) is 0 Å². The molecule has 0 unspecified atom stereocenters. The Morgan fingerprint density at radius 2 is 1.38 bits per heavy atom. The van der Waals surface area contributed by atoms with Crippen LogP contribution in [0.3, 0.4) is 0 Å². The van der Waals surface area contributed by atoms with E-state index in [1.165, 1.54) is 33.4 Å². The minimum atomic E-state index is 0.935. The van der Waals surface area contributed by atoms with Gasteiger partial charge in [0.05, 0.1) is 7.11 Å². The highest BCUT2D eigenvalue weighted by atomic mass is 16.5. The second-order valence-electron chi connectivity index (χ2n) is 6.11. The third kappa shape index (κ3) is 2.63. The molecule has 0 N–H and O–H groups in total. The zero-order chi connectivity index (χ0) is 16.4. The van der Waals surface area contributed by atoms with Crippen LogP contribution in [0.25, 0.3) is 11.1 Å². The number of hydrogen-bond donors (Lipinski definition) is 0. The molecule has 0 aromatic heterocycles. The first-order valence-corrected chi connectivity index (χ1v) is 8.38. The highest BCUT2D eigenvalue weighted by Gasteiger charge is 2.21.